The molecule has 33 heavy (non-hydrogen) atoms. The zero-order chi connectivity index (χ0) is 24.3. The maximum atomic E-state index is 13.2. The number of ether oxygens (including phenoxy) is 1. The number of amides is 3. The van der Waals surface area contributed by atoms with Gasteiger partial charge in [-0.3, -0.25) is 14.2 Å². The first-order chi connectivity index (χ1) is 15.7. The van der Waals surface area contributed by atoms with Crippen LogP contribution < -0.4 is 16.8 Å². The molecule has 0 unspecified atom stereocenters. The van der Waals surface area contributed by atoms with E-state index in [0.29, 0.717) is 29.4 Å². The van der Waals surface area contributed by atoms with Gasteiger partial charge in [0.25, 0.3) is 0 Å². The Bertz CT molecular complexity index is 1060. The average Bonchev–Trinajstić information content (AvgIpc) is 3.37. The zero-order valence-electron chi connectivity index (χ0n) is 19.1. The van der Waals surface area contributed by atoms with Crippen molar-refractivity contribution in [2.24, 2.45) is 23.3 Å². The highest BCUT2D eigenvalue weighted by Gasteiger charge is 2.40. The molecule has 0 spiro atoms. The second kappa shape index (κ2) is 10.0. The molecule has 0 radical (unpaired) electrons. The first kappa shape index (κ1) is 24.2. The molecule has 0 bridgehead atoms. The maximum Gasteiger partial charge on any atom is 0.323 e. The van der Waals surface area contributed by atoms with Crippen molar-refractivity contribution >= 4 is 40.4 Å². The van der Waals surface area contributed by atoms with Crippen molar-refractivity contribution in [1.82, 2.24) is 9.47 Å². The van der Waals surface area contributed by atoms with Gasteiger partial charge >= 0.3 is 18.0 Å². The van der Waals surface area contributed by atoms with Crippen LogP contribution in [0, 0.1) is 11.8 Å². The molecule has 5 N–H and O–H groups in total. The molecule has 10 heteroatoms. The topological polar surface area (TPSA) is 150 Å². The van der Waals surface area contributed by atoms with Crippen LogP contribution in [-0.2, 0) is 14.3 Å². The average molecular weight is 458 g/mol. The summed E-state index contributed by atoms with van der Waals surface area (Å²) >= 11 is 0. The number of carbonyl (C=O) groups excluding carboxylic acids is 4. The van der Waals surface area contributed by atoms with Crippen LogP contribution in [0.5, 0.6) is 0 Å². The van der Waals surface area contributed by atoms with Gasteiger partial charge in [-0.25, -0.2) is 9.59 Å². The molecule has 2 aromatic rings. The molecule has 3 amide bonds. The molecule has 4 atom stereocenters. The number of rotatable bonds is 7. The quantitative estimate of drug-likeness (QED) is 0.543. The molecule has 178 valence electrons. The second-order valence-electron chi connectivity index (χ2n) is 8.55. The minimum absolute atomic E-state index is 0.0240. The van der Waals surface area contributed by atoms with Gasteiger partial charge < -0.3 is 26.4 Å². The van der Waals surface area contributed by atoms with Gasteiger partial charge in [-0.15, -0.1) is 0 Å². The number of anilines is 1. The Morgan fingerprint density at radius 1 is 1.24 bits per heavy atom. The number of aromatic nitrogens is 1. The van der Waals surface area contributed by atoms with Crippen molar-refractivity contribution in [3.05, 3.63) is 30.5 Å². The number of hydrogen-bond acceptors (Lipinski definition) is 6. The van der Waals surface area contributed by atoms with Crippen molar-refractivity contribution in [2.45, 2.75) is 45.2 Å². The molecular formula is C23H31N5O5. The first-order valence-electron chi connectivity index (χ1n) is 11.0. The number of nitrogens with one attached hydrogen (secondary N) is 1. The lowest BCUT2D eigenvalue weighted by Crippen LogP contribution is -2.44. The van der Waals surface area contributed by atoms with Gasteiger partial charge in [-0.05, 0) is 18.4 Å². The van der Waals surface area contributed by atoms with Crippen molar-refractivity contribution in [2.75, 3.05) is 19.0 Å². The number of nitrogens with two attached hydrogens (primary N) is 2. The van der Waals surface area contributed by atoms with Gasteiger partial charge in [0, 0.05) is 30.6 Å². The number of nitrogens with zero attached hydrogens (tertiary/aromatic N) is 2. The molecular weight excluding hydrogens is 426 g/mol. The molecule has 1 saturated heterocycles. The number of carbonyl (C=O) groups is 4. The van der Waals surface area contributed by atoms with Gasteiger partial charge in [-0.2, -0.15) is 0 Å². The van der Waals surface area contributed by atoms with Crippen LogP contribution in [0.25, 0.3) is 10.9 Å². The third kappa shape index (κ3) is 5.00. The molecule has 10 nitrogen and oxygen atoms in total. The summed E-state index contributed by atoms with van der Waals surface area (Å²) in [4.78, 5) is 51.7. The van der Waals surface area contributed by atoms with Crippen LogP contribution in [0.15, 0.2) is 30.5 Å². The smallest absolute Gasteiger partial charge is 0.323 e. The molecule has 0 aliphatic carbocycles. The van der Waals surface area contributed by atoms with E-state index in [1.807, 2.05) is 13.8 Å². The molecule has 1 aliphatic heterocycles. The Hall–Kier alpha value is -3.40. The SMILES string of the molecule is CC[C@H](C)[C@H](CC(=O)[C@@H]1C[C@H](N)CN1C(=O)Nc1cn(C(N)=O)c2ccccc12)C(=O)OC. The third-order valence-corrected chi connectivity index (χ3v) is 6.41. The highest BCUT2D eigenvalue weighted by molar-refractivity contribution is 6.05. The molecule has 1 aliphatic rings. The number of likely N-dealkylation sites (tertiary alicyclic amines) is 1. The number of primary amides is 1. The van der Waals surface area contributed by atoms with Gasteiger partial charge in [0.15, 0.2) is 5.78 Å². The fraction of sp³-hybridized carbons (Fsp3) is 0.478. The van der Waals surface area contributed by atoms with E-state index in [-0.39, 0.29) is 30.7 Å². The highest BCUT2D eigenvalue weighted by Crippen LogP contribution is 2.29. The van der Waals surface area contributed by atoms with E-state index in [1.54, 1.807) is 24.3 Å². The summed E-state index contributed by atoms with van der Waals surface area (Å²) < 4.78 is 6.13. The van der Waals surface area contributed by atoms with Gasteiger partial charge in [0.05, 0.1) is 30.3 Å². The highest BCUT2D eigenvalue weighted by atomic mass is 16.5. The van der Waals surface area contributed by atoms with E-state index >= 15 is 0 Å². The summed E-state index contributed by atoms with van der Waals surface area (Å²) in [5, 5.41) is 3.43. The molecule has 1 fully saturated rings. The minimum Gasteiger partial charge on any atom is -0.469 e. The molecule has 0 saturated carbocycles. The van der Waals surface area contributed by atoms with Crippen LogP contribution in [0.4, 0.5) is 15.3 Å². The molecule has 1 aromatic heterocycles. The van der Waals surface area contributed by atoms with Crippen LogP contribution in [0.1, 0.15) is 33.1 Å². The van der Waals surface area contributed by atoms with Gasteiger partial charge in [-0.1, -0.05) is 38.5 Å². The number of methoxy groups -OCH3 is 1. The second-order valence-corrected chi connectivity index (χ2v) is 8.55. The number of fused-ring (bicyclic) bond motifs is 1. The molecule has 2 heterocycles. The lowest BCUT2D eigenvalue weighted by atomic mass is 9.85. The van der Waals surface area contributed by atoms with E-state index in [4.69, 9.17) is 16.2 Å². The predicted molar refractivity (Wildman–Crippen MR) is 124 cm³/mol. The number of hydrogen-bond donors (Lipinski definition) is 3. The Labute approximate surface area is 192 Å². The summed E-state index contributed by atoms with van der Waals surface area (Å²) in [6.07, 6.45) is 2.45. The van der Waals surface area contributed by atoms with Crippen molar-refractivity contribution in [3.8, 4) is 0 Å². The van der Waals surface area contributed by atoms with Gasteiger partial charge in [0.1, 0.15) is 0 Å². The lowest BCUT2D eigenvalue weighted by Gasteiger charge is -2.26. The first-order valence-corrected chi connectivity index (χ1v) is 11.0. The van der Waals surface area contributed by atoms with Crippen molar-refractivity contribution < 1.29 is 23.9 Å². The largest absolute Gasteiger partial charge is 0.469 e. The molecule has 3 rings (SSSR count). The van der Waals surface area contributed by atoms with Crippen molar-refractivity contribution in [3.63, 3.8) is 0 Å². The van der Waals surface area contributed by atoms with Gasteiger partial charge in [0.2, 0.25) is 0 Å². The fourth-order valence-corrected chi connectivity index (χ4v) is 4.35. The van der Waals surface area contributed by atoms with Crippen LogP contribution in [0.2, 0.25) is 0 Å². The number of Topliss-reactive ketones (excluding diaryl/α,β-unsaturated/α-hetero) is 1. The fourth-order valence-electron chi connectivity index (χ4n) is 4.35. The van der Waals surface area contributed by atoms with E-state index in [2.05, 4.69) is 5.32 Å². The predicted octanol–water partition coefficient (Wildman–Crippen LogP) is 2.30. The minimum atomic E-state index is -0.749. The summed E-state index contributed by atoms with van der Waals surface area (Å²) in [6.45, 7) is 4.04. The van der Waals surface area contributed by atoms with Crippen LogP contribution in [-0.4, -0.2) is 59.0 Å². The van der Waals surface area contributed by atoms with E-state index in [0.717, 1.165) is 0 Å². The van der Waals surface area contributed by atoms with Crippen LogP contribution >= 0.6 is 0 Å². The lowest BCUT2D eigenvalue weighted by molar-refractivity contribution is -0.149. The zero-order valence-corrected chi connectivity index (χ0v) is 19.1. The Morgan fingerprint density at radius 2 is 1.94 bits per heavy atom. The number of urea groups is 1. The number of ketones is 1. The normalized spacial score (nSPS) is 19.8. The number of esters is 1. The number of para-hydroxylation sites is 1. The Kier molecular flexibility index (Phi) is 7.37. The summed E-state index contributed by atoms with van der Waals surface area (Å²) in [5.41, 5.74) is 12.5. The summed E-state index contributed by atoms with van der Waals surface area (Å²) in [5.74, 6) is -1.29. The van der Waals surface area contributed by atoms with E-state index in [1.165, 1.54) is 22.8 Å². The Balaban J connectivity index is 1.81. The maximum absolute atomic E-state index is 13.2. The third-order valence-electron chi connectivity index (χ3n) is 6.41. The molecule has 1 aromatic carbocycles. The standard InChI is InChI=1S/C23H31N5O5/c1-4-13(2)16(21(30)33-3)10-20(29)19-9-14(24)11-28(19)23(32)26-17-12-27(22(25)31)18-8-6-5-7-15(17)18/h5-8,12-14,16,19H,4,9-11,24H2,1-3H3,(H2,25,31)(H,26,32)/t13-,14-,16-,19-/m0/s1. The summed E-state index contributed by atoms with van der Waals surface area (Å²) in [7, 11) is 1.30. The van der Waals surface area contributed by atoms with E-state index in [9.17, 15) is 19.2 Å². The monoisotopic (exact) mass is 457 g/mol. The Morgan fingerprint density at radius 3 is 2.58 bits per heavy atom. The number of benzene rings is 1. The van der Waals surface area contributed by atoms with E-state index < -0.39 is 30.0 Å². The van der Waals surface area contributed by atoms with Crippen LogP contribution in [0.3, 0.4) is 0 Å². The van der Waals surface area contributed by atoms with Crippen molar-refractivity contribution in [1.29, 1.82) is 0 Å². The summed E-state index contributed by atoms with van der Waals surface area (Å²) in [6, 6.07) is 4.72.